The fourth-order valence-corrected chi connectivity index (χ4v) is 5.76. The van der Waals surface area contributed by atoms with Gasteiger partial charge in [-0.05, 0) is 49.3 Å². The number of nitrogens with zero attached hydrogens (tertiary/aromatic N) is 2. The van der Waals surface area contributed by atoms with Crippen LogP contribution in [0.5, 0.6) is 0 Å². The molecule has 1 aromatic carbocycles. The predicted molar refractivity (Wildman–Crippen MR) is 107 cm³/mol. The van der Waals surface area contributed by atoms with E-state index < -0.39 is 0 Å². The van der Waals surface area contributed by atoms with Crippen molar-refractivity contribution in [1.82, 2.24) is 9.55 Å². The van der Waals surface area contributed by atoms with Crippen molar-refractivity contribution < 1.29 is 0 Å². The number of para-hydroxylation sites is 1. The minimum atomic E-state index is 0.0989. The monoisotopic (exact) mass is 370 g/mol. The zero-order valence-electron chi connectivity index (χ0n) is 14.6. The minimum absolute atomic E-state index is 0.0989. The van der Waals surface area contributed by atoms with Crippen molar-refractivity contribution in [3.63, 3.8) is 0 Å². The molecule has 0 fully saturated rings. The number of rotatable bonds is 4. The number of fused-ring (bicyclic) bond motifs is 3. The summed E-state index contributed by atoms with van der Waals surface area (Å²) in [6.07, 6.45) is 4.31. The Kier molecular flexibility index (Phi) is 4.69. The average Bonchev–Trinajstić information content (AvgIpc) is 2.98. The lowest BCUT2D eigenvalue weighted by Crippen LogP contribution is -2.22. The van der Waals surface area contributed by atoms with Gasteiger partial charge in [0, 0.05) is 10.6 Å². The third-order valence-electron chi connectivity index (χ3n) is 4.75. The second-order valence-corrected chi connectivity index (χ2v) is 8.90. The Hall–Kier alpha value is -1.59. The normalized spacial score (nSPS) is 17.0. The maximum absolute atomic E-state index is 13.4. The van der Waals surface area contributed by atoms with Gasteiger partial charge in [-0.25, -0.2) is 4.98 Å². The highest BCUT2D eigenvalue weighted by Crippen LogP contribution is 2.37. The molecular formula is C20H22N2OS2. The van der Waals surface area contributed by atoms with E-state index in [2.05, 4.69) is 13.8 Å². The maximum atomic E-state index is 13.4. The fourth-order valence-electron chi connectivity index (χ4n) is 3.47. The van der Waals surface area contributed by atoms with Crippen LogP contribution in [0.25, 0.3) is 15.9 Å². The first kappa shape index (κ1) is 16.9. The van der Waals surface area contributed by atoms with Crippen LogP contribution in [0.1, 0.15) is 37.1 Å². The molecule has 1 aliphatic carbocycles. The molecular weight excluding hydrogens is 348 g/mol. The summed E-state index contributed by atoms with van der Waals surface area (Å²) in [4.78, 5) is 20.7. The van der Waals surface area contributed by atoms with Gasteiger partial charge in [-0.3, -0.25) is 9.36 Å². The predicted octanol–water partition coefficient (Wildman–Crippen LogP) is 5.07. The summed E-state index contributed by atoms with van der Waals surface area (Å²) in [7, 11) is 0. The number of thioether (sulfide) groups is 1. The summed E-state index contributed by atoms with van der Waals surface area (Å²) < 4.78 is 1.81. The zero-order chi connectivity index (χ0) is 17.4. The van der Waals surface area contributed by atoms with Crippen molar-refractivity contribution in [2.45, 2.75) is 44.7 Å². The van der Waals surface area contributed by atoms with Crippen molar-refractivity contribution in [3.05, 3.63) is 51.1 Å². The van der Waals surface area contributed by atoms with Crippen LogP contribution in [0.15, 0.2) is 40.3 Å². The van der Waals surface area contributed by atoms with Crippen molar-refractivity contribution in [2.75, 3.05) is 5.75 Å². The lowest BCUT2D eigenvalue weighted by Gasteiger charge is -2.17. The van der Waals surface area contributed by atoms with Crippen LogP contribution in [-0.2, 0) is 12.8 Å². The lowest BCUT2D eigenvalue weighted by atomic mass is 9.89. The van der Waals surface area contributed by atoms with Crippen LogP contribution in [0.3, 0.4) is 0 Å². The molecule has 130 valence electrons. The Labute approximate surface area is 156 Å². The molecule has 1 atom stereocenters. The summed E-state index contributed by atoms with van der Waals surface area (Å²) in [5.74, 6) is 1.67. The summed E-state index contributed by atoms with van der Waals surface area (Å²) in [6, 6.07) is 9.92. The first-order valence-corrected chi connectivity index (χ1v) is 10.7. The molecule has 25 heavy (non-hydrogen) atoms. The molecule has 0 spiro atoms. The van der Waals surface area contributed by atoms with E-state index in [1.807, 2.05) is 34.9 Å². The molecule has 0 saturated heterocycles. The van der Waals surface area contributed by atoms with Crippen molar-refractivity contribution >= 4 is 33.3 Å². The topological polar surface area (TPSA) is 34.9 Å². The molecule has 2 heterocycles. The number of hydrogen-bond acceptors (Lipinski definition) is 4. The summed E-state index contributed by atoms with van der Waals surface area (Å²) in [6.45, 7) is 4.45. The van der Waals surface area contributed by atoms with Gasteiger partial charge < -0.3 is 0 Å². The van der Waals surface area contributed by atoms with Gasteiger partial charge in [0.15, 0.2) is 5.16 Å². The first-order valence-electron chi connectivity index (χ1n) is 8.94. The molecule has 0 aliphatic heterocycles. The van der Waals surface area contributed by atoms with Gasteiger partial charge in [0.25, 0.3) is 5.56 Å². The third-order valence-corrected chi connectivity index (χ3v) is 7.04. The Bertz CT molecular complexity index is 959. The average molecular weight is 371 g/mol. The molecule has 3 aromatic rings. The van der Waals surface area contributed by atoms with E-state index >= 15 is 0 Å². The van der Waals surface area contributed by atoms with Gasteiger partial charge in [0.2, 0.25) is 0 Å². The van der Waals surface area contributed by atoms with E-state index in [1.165, 1.54) is 10.4 Å². The second-order valence-electron chi connectivity index (χ2n) is 6.75. The highest BCUT2D eigenvalue weighted by molar-refractivity contribution is 7.99. The molecule has 3 nitrogen and oxygen atoms in total. The smallest absolute Gasteiger partial charge is 0.267 e. The molecule has 0 saturated carbocycles. The van der Waals surface area contributed by atoms with E-state index in [0.717, 1.165) is 52.5 Å². The molecule has 2 aromatic heterocycles. The van der Waals surface area contributed by atoms with Gasteiger partial charge in [0.05, 0.1) is 11.1 Å². The standard InChI is InChI=1S/C20H22N2OS2/c1-3-11-24-20-21-18-17(15-10-9-13(2)12-16(15)25-18)19(23)22(20)14-7-5-4-6-8-14/h4-8,13H,3,9-12H2,1-2H3/t13-/m0/s1. The number of aromatic nitrogens is 2. The Morgan fingerprint density at radius 1 is 1.32 bits per heavy atom. The van der Waals surface area contributed by atoms with Gasteiger partial charge in [-0.15, -0.1) is 11.3 Å². The summed E-state index contributed by atoms with van der Waals surface area (Å²) >= 11 is 3.41. The first-order chi connectivity index (χ1) is 12.2. The highest BCUT2D eigenvalue weighted by Gasteiger charge is 2.25. The van der Waals surface area contributed by atoms with E-state index in [1.54, 1.807) is 23.1 Å². The number of thiophene rings is 1. The van der Waals surface area contributed by atoms with E-state index in [0.29, 0.717) is 5.92 Å². The second kappa shape index (κ2) is 6.96. The number of hydrogen-bond donors (Lipinski definition) is 0. The van der Waals surface area contributed by atoms with Crippen LogP contribution >= 0.6 is 23.1 Å². The molecule has 0 radical (unpaired) electrons. The highest BCUT2D eigenvalue weighted by atomic mass is 32.2. The van der Waals surface area contributed by atoms with Gasteiger partial charge in [-0.1, -0.05) is 43.8 Å². The zero-order valence-corrected chi connectivity index (χ0v) is 16.3. The Morgan fingerprint density at radius 3 is 2.88 bits per heavy atom. The van der Waals surface area contributed by atoms with Crippen LogP contribution in [0.4, 0.5) is 0 Å². The minimum Gasteiger partial charge on any atom is -0.268 e. The summed E-state index contributed by atoms with van der Waals surface area (Å²) in [5.41, 5.74) is 2.26. The number of benzene rings is 1. The quantitative estimate of drug-likeness (QED) is 0.475. The molecule has 0 N–H and O–H groups in total. The van der Waals surface area contributed by atoms with Crippen molar-refractivity contribution in [3.8, 4) is 5.69 Å². The molecule has 5 heteroatoms. The SMILES string of the molecule is CCCSc1nc2sc3c(c2c(=O)n1-c1ccccc1)CC[C@H](C)C3. The summed E-state index contributed by atoms with van der Waals surface area (Å²) in [5, 5.41) is 1.67. The van der Waals surface area contributed by atoms with E-state index in [-0.39, 0.29) is 5.56 Å². The molecule has 1 aliphatic rings. The van der Waals surface area contributed by atoms with Crippen molar-refractivity contribution in [2.24, 2.45) is 5.92 Å². The fraction of sp³-hybridized carbons (Fsp3) is 0.400. The van der Waals surface area contributed by atoms with Crippen LogP contribution in [0.2, 0.25) is 0 Å². The number of aryl methyl sites for hydroxylation is 1. The third kappa shape index (κ3) is 3.04. The molecule has 4 rings (SSSR count). The van der Waals surface area contributed by atoms with Crippen molar-refractivity contribution in [1.29, 1.82) is 0 Å². The van der Waals surface area contributed by atoms with E-state index in [9.17, 15) is 4.79 Å². The van der Waals surface area contributed by atoms with Crippen LogP contribution in [0, 0.1) is 5.92 Å². The van der Waals surface area contributed by atoms with Gasteiger partial charge in [-0.2, -0.15) is 0 Å². The lowest BCUT2D eigenvalue weighted by molar-refractivity contribution is 0.509. The largest absolute Gasteiger partial charge is 0.268 e. The Morgan fingerprint density at radius 2 is 2.12 bits per heavy atom. The van der Waals surface area contributed by atoms with E-state index in [4.69, 9.17) is 4.98 Å². The maximum Gasteiger partial charge on any atom is 0.267 e. The molecule has 0 unspecified atom stereocenters. The van der Waals surface area contributed by atoms with Gasteiger partial charge in [0.1, 0.15) is 4.83 Å². The van der Waals surface area contributed by atoms with Gasteiger partial charge >= 0.3 is 0 Å². The Balaban J connectivity index is 1.98. The molecule has 0 bridgehead atoms. The van der Waals surface area contributed by atoms with Crippen LogP contribution in [-0.4, -0.2) is 15.3 Å². The molecule has 0 amide bonds. The van der Waals surface area contributed by atoms with Crippen LogP contribution < -0.4 is 5.56 Å².